The molecule has 6 rings (SSSR count). The third-order valence-corrected chi connectivity index (χ3v) is 7.53. The number of carbonyl (C=O) groups excluding carboxylic acids is 4. The van der Waals surface area contributed by atoms with Crippen LogP contribution in [0.25, 0.3) is 0 Å². The number of nitrogens with zero attached hydrogens (tertiary/aromatic N) is 3. The molecule has 4 amide bonds. The third kappa shape index (κ3) is 4.55. The van der Waals surface area contributed by atoms with Crippen LogP contribution in [0.1, 0.15) is 74.8 Å². The van der Waals surface area contributed by atoms with Crippen LogP contribution in [0.4, 0.5) is 11.5 Å². The number of nitrogens with one attached hydrogen (secondary N) is 1. The van der Waals surface area contributed by atoms with Crippen molar-refractivity contribution in [1.82, 2.24) is 9.88 Å². The average Bonchev–Trinajstić information content (AvgIpc) is 3.63. The SMILES string of the molecule is COc1ccc(N2Cc3ccc(CN4C(=O)c5cnc(NC(C)=O)cc5C4=O)cc3C2=O)cc1OC1CCCC1. The van der Waals surface area contributed by atoms with Crippen LogP contribution >= 0.6 is 0 Å². The van der Waals surface area contributed by atoms with Gasteiger partial charge in [0.05, 0.1) is 37.4 Å². The first-order chi connectivity index (χ1) is 19.3. The lowest BCUT2D eigenvalue weighted by atomic mass is 10.1. The zero-order valence-electron chi connectivity index (χ0n) is 22.2. The van der Waals surface area contributed by atoms with Crippen LogP contribution in [0.15, 0.2) is 48.7 Å². The minimum absolute atomic E-state index is 0.00426. The molecule has 0 bridgehead atoms. The molecule has 1 fully saturated rings. The molecule has 10 heteroatoms. The van der Waals surface area contributed by atoms with E-state index in [4.69, 9.17) is 9.47 Å². The standard InChI is InChI=1S/C30H28N4O6/c1-17(35)32-27-13-23-24(14-31-27)30(38)34(29(23)37)15-18-7-8-19-16-33(28(36)22(19)11-18)20-9-10-25(39-2)26(12-20)40-21-5-3-4-6-21/h7-14,21H,3-6,15-16H2,1-2H3,(H,31,32,35). The number of methoxy groups -OCH3 is 1. The van der Waals surface area contributed by atoms with Crippen molar-refractivity contribution in [2.45, 2.75) is 51.8 Å². The summed E-state index contributed by atoms with van der Waals surface area (Å²) in [5.41, 5.74) is 3.10. The van der Waals surface area contributed by atoms with E-state index in [1.54, 1.807) is 18.1 Å². The quantitative estimate of drug-likeness (QED) is 0.443. The van der Waals surface area contributed by atoms with Crippen LogP contribution in [0.3, 0.4) is 0 Å². The molecule has 0 radical (unpaired) electrons. The Bertz CT molecular complexity index is 1560. The number of hydrogen-bond acceptors (Lipinski definition) is 7. The lowest BCUT2D eigenvalue weighted by Crippen LogP contribution is -2.29. The molecule has 1 saturated carbocycles. The van der Waals surface area contributed by atoms with Gasteiger partial charge in [-0.15, -0.1) is 0 Å². The zero-order valence-corrected chi connectivity index (χ0v) is 22.2. The first-order valence-electron chi connectivity index (χ1n) is 13.2. The van der Waals surface area contributed by atoms with Crippen molar-refractivity contribution in [2.75, 3.05) is 17.3 Å². The predicted octanol–water partition coefficient (Wildman–Crippen LogP) is 4.33. The highest BCUT2D eigenvalue weighted by atomic mass is 16.5. The lowest BCUT2D eigenvalue weighted by Gasteiger charge is -2.20. The van der Waals surface area contributed by atoms with Crippen LogP contribution in [-0.2, 0) is 17.9 Å². The number of benzene rings is 2. The smallest absolute Gasteiger partial charge is 0.263 e. The summed E-state index contributed by atoms with van der Waals surface area (Å²) < 4.78 is 11.7. The van der Waals surface area contributed by atoms with E-state index >= 15 is 0 Å². The summed E-state index contributed by atoms with van der Waals surface area (Å²) in [7, 11) is 1.60. The van der Waals surface area contributed by atoms with Crippen molar-refractivity contribution in [1.29, 1.82) is 0 Å². The van der Waals surface area contributed by atoms with Gasteiger partial charge in [-0.3, -0.25) is 24.1 Å². The Hall–Kier alpha value is -4.73. The molecule has 3 aliphatic rings. The van der Waals surface area contributed by atoms with Crippen molar-refractivity contribution in [3.8, 4) is 11.5 Å². The molecule has 0 unspecified atom stereocenters. The summed E-state index contributed by atoms with van der Waals surface area (Å²) in [6.07, 6.45) is 5.74. The molecule has 0 spiro atoms. The Balaban J connectivity index is 1.21. The van der Waals surface area contributed by atoms with Gasteiger partial charge in [-0.1, -0.05) is 12.1 Å². The fraction of sp³-hybridized carbons (Fsp3) is 0.300. The molecule has 3 heterocycles. The Morgan fingerprint density at radius 1 is 0.950 bits per heavy atom. The van der Waals surface area contributed by atoms with Crippen molar-refractivity contribution in [3.63, 3.8) is 0 Å². The first kappa shape index (κ1) is 25.5. The molecular weight excluding hydrogens is 512 g/mol. The number of pyridine rings is 1. The molecule has 0 atom stereocenters. The Morgan fingerprint density at radius 2 is 1.73 bits per heavy atom. The summed E-state index contributed by atoms with van der Waals surface area (Å²) in [6.45, 7) is 1.74. The summed E-state index contributed by atoms with van der Waals surface area (Å²) >= 11 is 0. The van der Waals surface area contributed by atoms with Gasteiger partial charge >= 0.3 is 0 Å². The minimum atomic E-state index is -0.476. The van der Waals surface area contributed by atoms with E-state index in [2.05, 4.69) is 10.3 Å². The molecule has 2 aromatic carbocycles. The lowest BCUT2D eigenvalue weighted by molar-refractivity contribution is -0.114. The Labute approximate surface area is 230 Å². The maximum absolute atomic E-state index is 13.5. The summed E-state index contributed by atoms with van der Waals surface area (Å²) in [4.78, 5) is 57.7. The topological polar surface area (TPSA) is 118 Å². The van der Waals surface area contributed by atoms with E-state index in [9.17, 15) is 19.2 Å². The van der Waals surface area contributed by atoms with Gasteiger partial charge in [0.1, 0.15) is 5.82 Å². The number of ether oxygens (including phenoxy) is 2. The molecule has 1 N–H and O–H groups in total. The van der Waals surface area contributed by atoms with Crippen molar-refractivity contribution in [2.24, 2.45) is 0 Å². The van der Waals surface area contributed by atoms with E-state index in [1.807, 2.05) is 30.3 Å². The fourth-order valence-corrected chi connectivity index (χ4v) is 5.53. The van der Waals surface area contributed by atoms with Crippen molar-refractivity contribution < 1.29 is 28.7 Å². The van der Waals surface area contributed by atoms with Crippen LogP contribution in [0.5, 0.6) is 11.5 Å². The van der Waals surface area contributed by atoms with Gasteiger partial charge in [0.2, 0.25) is 5.91 Å². The number of anilines is 2. The monoisotopic (exact) mass is 540 g/mol. The maximum atomic E-state index is 13.5. The number of fused-ring (bicyclic) bond motifs is 2. The molecule has 1 aliphatic carbocycles. The number of amides is 4. The molecule has 204 valence electrons. The largest absolute Gasteiger partial charge is 0.493 e. The molecule has 1 aromatic heterocycles. The molecule has 40 heavy (non-hydrogen) atoms. The summed E-state index contributed by atoms with van der Waals surface area (Å²) in [6, 6.07) is 12.3. The van der Waals surface area contributed by atoms with Gasteiger partial charge in [-0.25, -0.2) is 4.98 Å². The van der Waals surface area contributed by atoms with Gasteiger partial charge < -0.3 is 19.7 Å². The number of hydrogen-bond donors (Lipinski definition) is 1. The average molecular weight is 541 g/mol. The van der Waals surface area contributed by atoms with Gasteiger partial charge in [0.25, 0.3) is 17.7 Å². The van der Waals surface area contributed by atoms with Crippen LogP contribution in [0.2, 0.25) is 0 Å². The number of carbonyl (C=O) groups is 4. The van der Waals surface area contributed by atoms with Gasteiger partial charge in [-0.2, -0.15) is 0 Å². The fourth-order valence-electron chi connectivity index (χ4n) is 5.53. The molecule has 10 nitrogen and oxygen atoms in total. The first-order valence-corrected chi connectivity index (χ1v) is 13.2. The molecule has 3 aromatic rings. The minimum Gasteiger partial charge on any atom is -0.493 e. The molecular formula is C30H28N4O6. The normalized spacial score (nSPS) is 16.4. The second kappa shape index (κ2) is 10.1. The second-order valence-electron chi connectivity index (χ2n) is 10.2. The Kier molecular flexibility index (Phi) is 6.45. The maximum Gasteiger partial charge on any atom is 0.263 e. The zero-order chi connectivity index (χ0) is 28.0. The highest BCUT2D eigenvalue weighted by molar-refractivity contribution is 6.21. The summed E-state index contributed by atoms with van der Waals surface area (Å²) in [5, 5.41) is 2.52. The number of imide groups is 1. The van der Waals surface area contributed by atoms with E-state index in [0.717, 1.165) is 36.1 Å². The second-order valence-corrected chi connectivity index (χ2v) is 10.2. The van der Waals surface area contributed by atoms with E-state index in [0.29, 0.717) is 34.9 Å². The van der Waals surface area contributed by atoms with Gasteiger partial charge in [-0.05, 0) is 61.1 Å². The summed E-state index contributed by atoms with van der Waals surface area (Å²) in [5.74, 6) is 0.0117. The van der Waals surface area contributed by atoms with E-state index < -0.39 is 11.8 Å². The number of rotatable bonds is 7. The van der Waals surface area contributed by atoms with Crippen LogP contribution in [-0.4, -0.2) is 46.7 Å². The van der Waals surface area contributed by atoms with Crippen molar-refractivity contribution >= 4 is 35.1 Å². The molecule has 2 aliphatic heterocycles. The van der Waals surface area contributed by atoms with E-state index in [1.165, 1.54) is 19.2 Å². The van der Waals surface area contributed by atoms with Crippen molar-refractivity contribution in [3.05, 3.63) is 76.5 Å². The van der Waals surface area contributed by atoms with Crippen LogP contribution in [0, 0.1) is 0 Å². The van der Waals surface area contributed by atoms with E-state index in [-0.39, 0.29) is 41.4 Å². The van der Waals surface area contributed by atoms with Gasteiger partial charge in [0.15, 0.2) is 11.5 Å². The van der Waals surface area contributed by atoms with Crippen LogP contribution < -0.4 is 19.7 Å². The molecule has 0 saturated heterocycles. The highest BCUT2D eigenvalue weighted by Gasteiger charge is 2.37. The number of aromatic nitrogens is 1. The van der Waals surface area contributed by atoms with Gasteiger partial charge in [0, 0.05) is 30.4 Å². The predicted molar refractivity (Wildman–Crippen MR) is 146 cm³/mol. The Morgan fingerprint density at radius 3 is 2.48 bits per heavy atom. The highest BCUT2D eigenvalue weighted by Crippen LogP contribution is 2.38. The third-order valence-electron chi connectivity index (χ3n) is 7.53.